The summed E-state index contributed by atoms with van der Waals surface area (Å²) >= 11 is 0. The average Bonchev–Trinajstić information content (AvgIpc) is 2.73. The number of halogens is 1. The Kier molecular flexibility index (Phi) is 13.2. The van der Waals surface area contributed by atoms with E-state index in [1.165, 1.54) is 0 Å². The number of hydrogen-bond acceptors (Lipinski definition) is 4. The molecule has 0 aliphatic heterocycles. The summed E-state index contributed by atoms with van der Waals surface area (Å²) in [4.78, 5) is 15.0. The Morgan fingerprint density at radius 1 is 1.23 bits per heavy atom. The molecule has 3 unspecified atom stereocenters. The van der Waals surface area contributed by atoms with Crippen LogP contribution in [0.25, 0.3) is 0 Å². The van der Waals surface area contributed by atoms with E-state index in [2.05, 4.69) is 17.6 Å². The monoisotopic (exact) mass is 550 g/mol. The van der Waals surface area contributed by atoms with E-state index in [0.29, 0.717) is 11.3 Å². The molecule has 1 aliphatic carbocycles. The SMILES string of the molecule is CCNC(=NCCCCc1ccc([N+](=O)[O-])cc1)NC1CCCC(S(=O)CC)C1.I. The summed E-state index contributed by atoms with van der Waals surface area (Å²) in [5.41, 5.74) is 1.24. The van der Waals surface area contributed by atoms with Crippen LogP contribution in [0.1, 0.15) is 57.9 Å². The maximum atomic E-state index is 12.1. The van der Waals surface area contributed by atoms with Gasteiger partial charge in [0, 0.05) is 53.1 Å². The number of benzene rings is 1. The smallest absolute Gasteiger partial charge is 0.269 e. The topological polar surface area (TPSA) is 96.6 Å². The standard InChI is InChI=1S/C21H34N4O3S.HI/c1-3-22-21(24-18-9-7-10-20(16-18)29(28)4-2)23-15-6-5-8-17-11-13-19(14-12-17)25(26)27;/h11-14,18,20H,3-10,15-16H2,1-2H3,(H2,22,23,24);1H. The van der Waals surface area contributed by atoms with Crippen LogP contribution in [-0.2, 0) is 17.2 Å². The van der Waals surface area contributed by atoms with Gasteiger partial charge in [0.2, 0.25) is 0 Å². The predicted molar refractivity (Wildman–Crippen MR) is 135 cm³/mol. The third-order valence-electron chi connectivity index (χ3n) is 5.26. The Morgan fingerprint density at radius 2 is 1.97 bits per heavy atom. The third-order valence-corrected chi connectivity index (χ3v) is 7.00. The first-order valence-electron chi connectivity index (χ1n) is 10.7. The molecule has 9 heteroatoms. The summed E-state index contributed by atoms with van der Waals surface area (Å²) < 4.78 is 12.1. The van der Waals surface area contributed by atoms with Crippen LogP contribution in [0, 0.1) is 10.1 Å². The van der Waals surface area contributed by atoms with Gasteiger partial charge in [-0.1, -0.05) is 25.5 Å². The van der Waals surface area contributed by atoms with Crippen molar-refractivity contribution >= 4 is 46.4 Å². The normalized spacial score (nSPS) is 20.1. The Balaban J connectivity index is 0.00000450. The van der Waals surface area contributed by atoms with Gasteiger partial charge < -0.3 is 10.6 Å². The fraction of sp³-hybridized carbons (Fsp3) is 0.667. The van der Waals surface area contributed by atoms with Gasteiger partial charge in [-0.05, 0) is 51.0 Å². The number of hydrogen-bond donors (Lipinski definition) is 2. The van der Waals surface area contributed by atoms with Crippen LogP contribution in [0.3, 0.4) is 0 Å². The van der Waals surface area contributed by atoms with Crippen LogP contribution in [0.15, 0.2) is 29.3 Å². The molecule has 1 aliphatic rings. The van der Waals surface area contributed by atoms with Gasteiger partial charge in [-0.2, -0.15) is 0 Å². The molecule has 0 radical (unpaired) electrons. The molecule has 30 heavy (non-hydrogen) atoms. The number of guanidine groups is 1. The van der Waals surface area contributed by atoms with Gasteiger partial charge in [0.15, 0.2) is 5.96 Å². The number of nitrogens with one attached hydrogen (secondary N) is 2. The van der Waals surface area contributed by atoms with E-state index >= 15 is 0 Å². The first-order chi connectivity index (χ1) is 14.0. The molecule has 1 aromatic rings. The van der Waals surface area contributed by atoms with Crippen LogP contribution in [-0.4, -0.2) is 45.2 Å². The van der Waals surface area contributed by atoms with Crippen LogP contribution in [0.2, 0.25) is 0 Å². The molecule has 0 aromatic heterocycles. The lowest BCUT2D eigenvalue weighted by molar-refractivity contribution is -0.384. The Bertz CT molecular complexity index is 700. The van der Waals surface area contributed by atoms with E-state index in [0.717, 1.165) is 75.3 Å². The number of aliphatic imine (C=N–C) groups is 1. The summed E-state index contributed by atoms with van der Waals surface area (Å²) in [6.45, 7) is 5.60. The number of nitro benzene ring substituents is 1. The van der Waals surface area contributed by atoms with E-state index in [1.807, 2.05) is 19.1 Å². The Hall–Kier alpha value is -1.23. The molecule has 2 N–H and O–H groups in total. The van der Waals surface area contributed by atoms with E-state index < -0.39 is 10.8 Å². The molecule has 2 rings (SSSR count). The molecule has 0 saturated heterocycles. The van der Waals surface area contributed by atoms with Crippen LogP contribution >= 0.6 is 24.0 Å². The number of nitrogens with zero attached hydrogens (tertiary/aromatic N) is 2. The largest absolute Gasteiger partial charge is 0.357 e. The Labute approximate surface area is 199 Å². The molecule has 7 nitrogen and oxygen atoms in total. The highest BCUT2D eigenvalue weighted by molar-refractivity contribution is 14.0. The highest BCUT2D eigenvalue weighted by atomic mass is 127. The first-order valence-corrected chi connectivity index (χ1v) is 12.1. The minimum atomic E-state index is -0.721. The predicted octanol–water partition coefficient (Wildman–Crippen LogP) is 4.17. The second-order valence-corrected chi connectivity index (χ2v) is 9.45. The molecule has 0 bridgehead atoms. The molecule has 1 aromatic carbocycles. The zero-order valence-electron chi connectivity index (χ0n) is 18.0. The van der Waals surface area contributed by atoms with Crippen molar-refractivity contribution < 1.29 is 9.13 Å². The van der Waals surface area contributed by atoms with Crippen molar-refractivity contribution in [3.63, 3.8) is 0 Å². The van der Waals surface area contributed by atoms with Crippen molar-refractivity contribution in [1.29, 1.82) is 0 Å². The van der Waals surface area contributed by atoms with Gasteiger partial charge in [-0.3, -0.25) is 19.3 Å². The number of aryl methyl sites for hydroxylation is 1. The number of rotatable bonds is 10. The molecule has 1 fully saturated rings. The van der Waals surface area contributed by atoms with Crippen molar-refractivity contribution in [3.8, 4) is 0 Å². The van der Waals surface area contributed by atoms with E-state index in [-0.39, 0.29) is 34.6 Å². The maximum Gasteiger partial charge on any atom is 0.269 e. The fourth-order valence-electron chi connectivity index (χ4n) is 3.68. The van der Waals surface area contributed by atoms with E-state index in [4.69, 9.17) is 4.99 Å². The third kappa shape index (κ3) is 9.28. The zero-order chi connectivity index (χ0) is 21.1. The second kappa shape index (κ2) is 14.7. The molecule has 0 amide bonds. The van der Waals surface area contributed by atoms with Crippen LogP contribution in [0.4, 0.5) is 5.69 Å². The van der Waals surface area contributed by atoms with Crippen molar-refractivity contribution in [2.75, 3.05) is 18.8 Å². The van der Waals surface area contributed by atoms with Crippen LogP contribution < -0.4 is 10.6 Å². The number of nitro groups is 1. The highest BCUT2D eigenvalue weighted by Crippen LogP contribution is 2.23. The molecule has 0 spiro atoms. The Morgan fingerprint density at radius 3 is 2.60 bits per heavy atom. The van der Waals surface area contributed by atoms with Crippen molar-refractivity contribution in [3.05, 3.63) is 39.9 Å². The molecule has 1 saturated carbocycles. The van der Waals surface area contributed by atoms with E-state index in [9.17, 15) is 14.3 Å². The lowest BCUT2D eigenvalue weighted by atomic mass is 9.95. The van der Waals surface area contributed by atoms with Gasteiger partial charge in [0.05, 0.1) is 4.92 Å². The minimum Gasteiger partial charge on any atom is -0.357 e. The molecular formula is C21H35IN4O3S. The number of non-ortho nitro benzene ring substituents is 1. The highest BCUT2D eigenvalue weighted by Gasteiger charge is 2.25. The van der Waals surface area contributed by atoms with Crippen molar-refractivity contribution in [2.24, 2.45) is 4.99 Å². The van der Waals surface area contributed by atoms with E-state index in [1.54, 1.807) is 12.1 Å². The van der Waals surface area contributed by atoms with Gasteiger partial charge in [-0.15, -0.1) is 24.0 Å². The van der Waals surface area contributed by atoms with Gasteiger partial charge in [0.25, 0.3) is 5.69 Å². The average molecular weight is 551 g/mol. The first kappa shape index (κ1) is 26.8. The summed E-state index contributed by atoms with van der Waals surface area (Å²) in [7, 11) is -0.721. The van der Waals surface area contributed by atoms with Gasteiger partial charge in [0.1, 0.15) is 0 Å². The molecule has 0 heterocycles. The second-order valence-electron chi connectivity index (χ2n) is 7.44. The number of unbranched alkanes of at least 4 members (excludes halogenated alkanes) is 1. The van der Waals surface area contributed by atoms with Crippen LogP contribution in [0.5, 0.6) is 0 Å². The summed E-state index contributed by atoms with van der Waals surface area (Å²) in [6.07, 6.45) is 7.07. The summed E-state index contributed by atoms with van der Waals surface area (Å²) in [5.74, 6) is 1.58. The maximum absolute atomic E-state index is 12.1. The zero-order valence-corrected chi connectivity index (χ0v) is 21.1. The minimum absolute atomic E-state index is 0. The quantitative estimate of drug-likeness (QED) is 0.114. The van der Waals surface area contributed by atoms with Gasteiger partial charge >= 0.3 is 0 Å². The van der Waals surface area contributed by atoms with Crippen molar-refractivity contribution in [2.45, 2.75) is 70.1 Å². The molecular weight excluding hydrogens is 515 g/mol. The summed E-state index contributed by atoms with van der Waals surface area (Å²) in [6, 6.07) is 7.11. The molecule has 170 valence electrons. The lowest BCUT2D eigenvalue weighted by Crippen LogP contribution is -2.46. The van der Waals surface area contributed by atoms with Gasteiger partial charge in [-0.25, -0.2) is 0 Å². The summed E-state index contributed by atoms with van der Waals surface area (Å²) in [5, 5.41) is 17.8. The fourth-order valence-corrected chi connectivity index (χ4v) is 5.03. The lowest BCUT2D eigenvalue weighted by Gasteiger charge is -2.30. The van der Waals surface area contributed by atoms with Crippen molar-refractivity contribution in [1.82, 2.24) is 10.6 Å². The molecule has 3 atom stereocenters.